The standard InChI is InChI=1S/C11H19N5O3/c1-7(17)8-5-16(15-14-8)6-9(18)12-10(19)13-11(2,3)4/h5,7,17H,6H2,1-4H3,(H2,12,13,18,19). The number of rotatable bonds is 3. The second kappa shape index (κ2) is 5.79. The molecule has 0 aliphatic carbocycles. The lowest BCUT2D eigenvalue weighted by molar-refractivity contribution is -0.120. The lowest BCUT2D eigenvalue weighted by Gasteiger charge is -2.20. The van der Waals surface area contributed by atoms with Crippen LogP contribution < -0.4 is 10.6 Å². The number of urea groups is 1. The van der Waals surface area contributed by atoms with E-state index in [1.165, 1.54) is 10.9 Å². The number of amides is 3. The number of nitrogens with one attached hydrogen (secondary N) is 2. The minimum absolute atomic E-state index is 0.142. The molecule has 19 heavy (non-hydrogen) atoms. The average molecular weight is 269 g/mol. The molecule has 0 aliphatic rings. The molecule has 0 spiro atoms. The van der Waals surface area contributed by atoms with E-state index in [0.717, 1.165) is 0 Å². The number of nitrogens with zero attached hydrogens (tertiary/aromatic N) is 3. The van der Waals surface area contributed by atoms with E-state index in [-0.39, 0.29) is 6.54 Å². The fourth-order valence-electron chi connectivity index (χ4n) is 1.27. The third kappa shape index (κ3) is 5.47. The van der Waals surface area contributed by atoms with Crippen molar-refractivity contribution in [3.8, 4) is 0 Å². The highest BCUT2D eigenvalue weighted by molar-refractivity contribution is 5.94. The van der Waals surface area contributed by atoms with Gasteiger partial charge in [0.2, 0.25) is 5.91 Å². The molecule has 0 saturated heterocycles. The summed E-state index contributed by atoms with van der Waals surface area (Å²) in [6, 6.07) is -0.562. The largest absolute Gasteiger partial charge is 0.387 e. The van der Waals surface area contributed by atoms with Crippen molar-refractivity contribution in [3.05, 3.63) is 11.9 Å². The number of aliphatic hydroxyl groups excluding tert-OH is 1. The van der Waals surface area contributed by atoms with E-state index in [1.54, 1.807) is 6.92 Å². The molecule has 106 valence electrons. The molecular weight excluding hydrogens is 250 g/mol. The first kappa shape index (κ1) is 15.1. The van der Waals surface area contributed by atoms with E-state index < -0.39 is 23.6 Å². The molecular formula is C11H19N5O3. The van der Waals surface area contributed by atoms with Gasteiger partial charge < -0.3 is 10.4 Å². The summed E-state index contributed by atoms with van der Waals surface area (Å²) in [5, 5.41) is 21.4. The third-order valence-corrected chi connectivity index (χ3v) is 2.03. The molecule has 0 bridgehead atoms. The Kier molecular flexibility index (Phi) is 4.60. The molecule has 0 aromatic carbocycles. The van der Waals surface area contributed by atoms with Crippen LogP contribution in [0, 0.1) is 0 Å². The minimum Gasteiger partial charge on any atom is -0.387 e. The summed E-state index contributed by atoms with van der Waals surface area (Å²) in [6.45, 7) is 6.83. The summed E-state index contributed by atoms with van der Waals surface area (Å²) in [4.78, 5) is 23.0. The molecule has 3 amide bonds. The summed E-state index contributed by atoms with van der Waals surface area (Å²) in [5.74, 6) is -0.510. The molecule has 8 heteroatoms. The van der Waals surface area contributed by atoms with E-state index in [1.807, 2.05) is 20.8 Å². The van der Waals surface area contributed by atoms with Gasteiger partial charge in [-0.15, -0.1) is 5.10 Å². The molecule has 0 saturated carbocycles. The van der Waals surface area contributed by atoms with Crippen LogP contribution in [0.1, 0.15) is 39.5 Å². The van der Waals surface area contributed by atoms with E-state index in [0.29, 0.717) is 5.69 Å². The summed E-state index contributed by atoms with van der Waals surface area (Å²) < 4.78 is 1.25. The predicted molar refractivity (Wildman–Crippen MR) is 67.1 cm³/mol. The summed E-state index contributed by atoms with van der Waals surface area (Å²) in [7, 11) is 0. The molecule has 0 fully saturated rings. The van der Waals surface area contributed by atoms with Gasteiger partial charge in [0.15, 0.2) is 0 Å². The van der Waals surface area contributed by atoms with Crippen LogP contribution in [0.4, 0.5) is 4.79 Å². The number of aromatic nitrogens is 3. The van der Waals surface area contributed by atoms with Crippen molar-refractivity contribution >= 4 is 11.9 Å². The van der Waals surface area contributed by atoms with Gasteiger partial charge in [0.1, 0.15) is 12.2 Å². The second-order valence-electron chi connectivity index (χ2n) is 5.27. The van der Waals surface area contributed by atoms with Crippen molar-refractivity contribution in [2.75, 3.05) is 0 Å². The zero-order chi connectivity index (χ0) is 14.6. The number of carbonyl (C=O) groups is 2. The lowest BCUT2D eigenvalue weighted by atomic mass is 10.1. The highest BCUT2D eigenvalue weighted by Gasteiger charge is 2.16. The lowest BCUT2D eigenvalue weighted by Crippen LogP contribution is -2.48. The molecule has 1 unspecified atom stereocenters. The maximum absolute atomic E-state index is 11.6. The maximum atomic E-state index is 11.6. The monoisotopic (exact) mass is 269 g/mol. The Hall–Kier alpha value is -1.96. The van der Waals surface area contributed by atoms with Gasteiger partial charge in [-0.2, -0.15) is 0 Å². The average Bonchev–Trinajstić information content (AvgIpc) is 2.62. The fraction of sp³-hybridized carbons (Fsp3) is 0.636. The number of carbonyl (C=O) groups excluding carboxylic acids is 2. The van der Waals surface area contributed by atoms with Gasteiger partial charge in [-0.3, -0.25) is 10.1 Å². The molecule has 1 aromatic rings. The van der Waals surface area contributed by atoms with Crippen LogP contribution in [0.5, 0.6) is 0 Å². The molecule has 8 nitrogen and oxygen atoms in total. The van der Waals surface area contributed by atoms with Crippen molar-refractivity contribution in [2.45, 2.75) is 45.9 Å². The Morgan fingerprint density at radius 3 is 2.58 bits per heavy atom. The summed E-state index contributed by atoms with van der Waals surface area (Å²) >= 11 is 0. The van der Waals surface area contributed by atoms with Crippen LogP contribution in [0.3, 0.4) is 0 Å². The highest BCUT2D eigenvalue weighted by atomic mass is 16.3. The Morgan fingerprint density at radius 1 is 1.47 bits per heavy atom. The van der Waals surface area contributed by atoms with Gasteiger partial charge >= 0.3 is 6.03 Å². The number of hydrogen-bond donors (Lipinski definition) is 3. The van der Waals surface area contributed by atoms with Crippen molar-refractivity contribution in [1.29, 1.82) is 0 Å². The van der Waals surface area contributed by atoms with Gasteiger partial charge in [0, 0.05) is 5.54 Å². The van der Waals surface area contributed by atoms with Gasteiger partial charge in [0.25, 0.3) is 0 Å². The first-order valence-corrected chi connectivity index (χ1v) is 5.87. The van der Waals surface area contributed by atoms with Gasteiger partial charge in [-0.1, -0.05) is 5.21 Å². The van der Waals surface area contributed by atoms with Crippen LogP contribution >= 0.6 is 0 Å². The molecule has 1 atom stereocenters. The van der Waals surface area contributed by atoms with Crippen LogP contribution in [-0.2, 0) is 11.3 Å². The van der Waals surface area contributed by atoms with Gasteiger partial charge in [0.05, 0.1) is 12.3 Å². The zero-order valence-electron chi connectivity index (χ0n) is 11.5. The Balaban J connectivity index is 2.49. The SMILES string of the molecule is CC(O)c1cn(CC(=O)NC(=O)NC(C)(C)C)nn1. The topological polar surface area (TPSA) is 109 Å². The molecule has 1 heterocycles. The van der Waals surface area contributed by atoms with Crippen molar-refractivity contribution in [1.82, 2.24) is 25.6 Å². The second-order valence-corrected chi connectivity index (χ2v) is 5.27. The van der Waals surface area contributed by atoms with E-state index in [9.17, 15) is 14.7 Å². The van der Waals surface area contributed by atoms with Gasteiger partial charge in [-0.05, 0) is 27.7 Å². The van der Waals surface area contributed by atoms with Crippen molar-refractivity contribution in [3.63, 3.8) is 0 Å². The molecule has 1 aromatic heterocycles. The van der Waals surface area contributed by atoms with E-state index in [4.69, 9.17) is 0 Å². The smallest absolute Gasteiger partial charge is 0.321 e. The highest BCUT2D eigenvalue weighted by Crippen LogP contribution is 2.05. The minimum atomic E-state index is -0.749. The molecule has 0 aliphatic heterocycles. The van der Waals surface area contributed by atoms with E-state index in [2.05, 4.69) is 20.9 Å². The third-order valence-electron chi connectivity index (χ3n) is 2.03. The quantitative estimate of drug-likeness (QED) is 0.713. The number of hydrogen-bond acceptors (Lipinski definition) is 5. The fourth-order valence-corrected chi connectivity index (χ4v) is 1.27. The van der Waals surface area contributed by atoms with Gasteiger partial charge in [-0.25, -0.2) is 9.48 Å². The first-order chi connectivity index (χ1) is 8.67. The van der Waals surface area contributed by atoms with E-state index >= 15 is 0 Å². The Morgan fingerprint density at radius 2 is 2.11 bits per heavy atom. The molecule has 0 radical (unpaired) electrons. The molecule has 1 rings (SSSR count). The van der Waals surface area contributed by atoms with Crippen molar-refractivity contribution in [2.24, 2.45) is 0 Å². The van der Waals surface area contributed by atoms with Crippen LogP contribution in [0.25, 0.3) is 0 Å². The normalized spacial score (nSPS) is 12.9. The van der Waals surface area contributed by atoms with Crippen LogP contribution in [0.2, 0.25) is 0 Å². The predicted octanol–water partition coefficient (Wildman–Crippen LogP) is -0.0443. The molecule has 3 N–H and O–H groups in total. The van der Waals surface area contributed by atoms with Crippen LogP contribution in [-0.4, -0.2) is 37.6 Å². The number of aliphatic hydroxyl groups is 1. The first-order valence-electron chi connectivity index (χ1n) is 5.87. The summed E-state index contributed by atoms with van der Waals surface area (Å²) in [5.41, 5.74) is -0.0520. The maximum Gasteiger partial charge on any atom is 0.321 e. The Bertz CT molecular complexity index is 461. The van der Waals surface area contributed by atoms with Crippen LogP contribution in [0.15, 0.2) is 6.20 Å². The summed E-state index contributed by atoms with van der Waals surface area (Å²) in [6.07, 6.45) is 0.701. The number of imide groups is 1. The zero-order valence-corrected chi connectivity index (χ0v) is 11.5. The van der Waals surface area contributed by atoms with Crippen molar-refractivity contribution < 1.29 is 14.7 Å². The Labute approximate surface area is 111 Å².